The molecule has 1 unspecified atom stereocenters. The Hall–Kier alpha value is -0.230. The van der Waals surface area contributed by atoms with Gasteiger partial charge in [0.25, 0.3) is 10.1 Å². The maximum absolute atomic E-state index is 12.3. The Morgan fingerprint density at radius 3 is 2.17 bits per heavy atom. The highest BCUT2D eigenvalue weighted by atomic mass is 32.2. The van der Waals surface area contributed by atoms with Crippen LogP contribution in [0.1, 0.15) is 19.8 Å². The second-order valence-electron chi connectivity index (χ2n) is 3.24. The summed E-state index contributed by atoms with van der Waals surface area (Å²) in [6.45, 7) is 1.25. The quantitative estimate of drug-likeness (QED) is 0.684. The highest BCUT2D eigenvalue weighted by Crippen LogP contribution is 2.45. The van der Waals surface area contributed by atoms with Crippen LogP contribution in [0.5, 0.6) is 0 Å². The Morgan fingerprint density at radius 2 is 1.92 bits per heavy atom. The summed E-state index contributed by atoms with van der Waals surface area (Å²) in [6.07, 6.45) is -0.873. The van der Waals surface area contributed by atoms with Crippen LogP contribution in [0, 0.1) is 5.92 Å². The zero-order chi connectivity index (χ0) is 9.57. The molecule has 3 nitrogen and oxygen atoms in total. The van der Waals surface area contributed by atoms with E-state index >= 15 is 0 Å². The van der Waals surface area contributed by atoms with Crippen LogP contribution in [-0.2, 0) is 10.1 Å². The molecule has 1 aliphatic carbocycles. The molecule has 12 heavy (non-hydrogen) atoms. The molecule has 0 saturated heterocycles. The summed E-state index contributed by atoms with van der Waals surface area (Å²) in [5.74, 6) is -3.33. The van der Waals surface area contributed by atoms with Crippen LogP contribution in [0.3, 0.4) is 0 Å². The Labute approximate surface area is 69.5 Å². The van der Waals surface area contributed by atoms with Crippen LogP contribution in [0.4, 0.5) is 8.78 Å². The molecule has 1 rings (SSSR count). The third kappa shape index (κ3) is 1.92. The summed E-state index contributed by atoms with van der Waals surface area (Å²) in [5.41, 5.74) is 0. The SMILES string of the molecule is CC(C1CC(F)(F)C1)S(=O)(=O)O. The first-order chi connectivity index (χ1) is 5.22. The number of halogens is 2. The van der Waals surface area contributed by atoms with Gasteiger partial charge in [-0.2, -0.15) is 8.42 Å². The second kappa shape index (κ2) is 2.63. The van der Waals surface area contributed by atoms with Crippen molar-refractivity contribution in [1.29, 1.82) is 0 Å². The fourth-order valence-corrected chi connectivity index (χ4v) is 1.96. The van der Waals surface area contributed by atoms with E-state index in [1.807, 2.05) is 0 Å². The van der Waals surface area contributed by atoms with Gasteiger partial charge in [-0.3, -0.25) is 4.55 Å². The molecule has 1 atom stereocenters. The molecule has 0 aromatic rings. The van der Waals surface area contributed by atoms with Gasteiger partial charge in [-0.15, -0.1) is 0 Å². The molecule has 0 spiro atoms. The van der Waals surface area contributed by atoms with Gasteiger partial charge < -0.3 is 0 Å². The number of alkyl halides is 2. The third-order valence-electron chi connectivity index (χ3n) is 2.26. The molecule has 0 aromatic heterocycles. The zero-order valence-electron chi connectivity index (χ0n) is 6.50. The van der Waals surface area contributed by atoms with Crippen molar-refractivity contribution in [1.82, 2.24) is 0 Å². The molecule has 1 fully saturated rings. The lowest BCUT2D eigenvalue weighted by Crippen LogP contribution is -2.43. The van der Waals surface area contributed by atoms with E-state index in [2.05, 4.69) is 0 Å². The molecule has 72 valence electrons. The van der Waals surface area contributed by atoms with E-state index < -0.39 is 40.1 Å². The van der Waals surface area contributed by atoms with Crippen molar-refractivity contribution in [3.8, 4) is 0 Å². The van der Waals surface area contributed by atoms with E-state index in [0.29, 0.717) is 0 Å². The van der Waals surface area contributed by atoms with E-state index in [-0.39, 0.29) is 0 Å². The molecule has 0 bridgehead atoms. The molecule has 6 heteroatoms. The summed E-state index contributed by atoms with van der Waals surface area (Å²) >= 11 is 0. The van der Waals surface area contributed by atoms with Crippen molar-refractivity contribution in [2.75, 3.05) is 0 Å². The van der Waals surface area contributed by atoms with Crippen LogP contribution < -0.4 is 0 Å². The maximum Gasteiger partial charge on any atom is 0.267 e. The lowest BCUT2D eigenvalue weighted by Gasteiger charge is -2.37. The van der Waals surface area contributed by atoms with Crippen LogP contribution >= 0.6 is 0 Å². The van der Waals surface area contributed by atoms with Gasteiger partial charge in [0.05, 0.1) is 5.25 Å². The molecular formula is C6H10F2O3S. The third-order valence-corrected chi connectivity index (χ3v) is 3.58. The molecule has 1 aliphatic rings. The predicted molar refractivity (Wildman–Crippen MR) is 38.7 cm³/mol. The Bertz CT molecular complexity index is 265. The minimum Gasteiger partial charge on any atom is -0.285 e. The van der Waals surface area contributed by atoms with Gasteiger partial charge in [0.15, 0.2) is 0 Å². The summed E-state index contributed by atoms with van der Waals surface area (Å²) < 4.78 is 54.0. The van der Waals surface area contributed by atoms with Crippen molar-refractivity contribution in [2.24, 2.45) is 5.92 Å². The molecule has 0 aliphatic heterocycles. The minimum absolute atomic E-state index is 0.437. The zero-order valence-corrected chi connectivity index (χ0v) is 7.31. The summed E-state index contributed by atoms with van der Waals surface area (Å²) in [6, 6.07) is 0. The van der Waals surface area contributed by atoms with E-state index in [4.69, 9.17) is 4.55 Å². The molecular weight excluding hydrogens is 190 g/mol. The summed E-state index contributed by atoms with van der Waals surface area (Å²) in [4.78, 5) is 0. The van der Waals surface area contributed by atoms with Crippen LogP contribution in [0.15, 0.2) is 0 Å². The Morgan fingerprint density at radius 1 is 1.50 bits per heavy atom. The standard InChI is InChI=1S/C6H10F2O3S/c1-4(12(9,10)11)5-2-6(7,8)3-5/h4-5H,2-3H2,1H3,(H,9,10,11). The average Bonchev–Trinajstić information content (AvgIpc) is 1.78. The smallest absolute Gasteiger partial charge is 0.267 e. The van der Waals surface area contributed by atoms with E-state index in [1.165, 1.54) is 6.92 Å². The second-order valence-corrected chi connectivity index (χ2v) is 5.02. The number of hydrogen-bond acceptors (Lipinski definition) is 2. The molecule has 1 N–H and O–H groups in total. The van der Waals surface area contributed by atoms with Gasteiger partial charge in [-0.1, -0.05) is 0 Å². The molecule has 0 amide bonds. The van der Waals surface area contributed by atoms with E-state index in [1.54, 1.807) is 0 Å². The summed E-state index contributed by atoms with van der Waals surface area (Å²) in [7, 11) is -4.15. The van der Waals surface area contributed by atoms with E-state index in [9.17, 15) is 17.2 Å². The normalized spacial score (nSPS) is 26.3. The first kappa shape index (κ1) is 9.85. The van der Waals surface area contributed by atoms with Crippen LogP contribution in [0.2, 0.25) is 0 Å². The van der Waals surface area contributed by atoms with Gasteiger partial charge in [0, 0.05) is 12.8 Å². The molecule has 0 heterocycles. The van der Waals surface area contributed by atoms with Crippen molar-refractivity contribution in [2.45, 2.75) is 30.9 Å². The lowest BCUT2D eigenvalue weighted by molar-refractivity contribution is -0.110. The lowest BCUT2D eigenvalue weighted by atomic mass is 9.79. The van der Waals surface area contributed by atoms with E-state index in [0.717, 1.165) is 0 Å². The Kier molecular flexibility index (Phi) is 2.16. The minimum atomic E-state index is -4.15. The van der Waals surface area contributed by atoms with Crippen molar-refractivity contribution in [3.05, 3.63) is 0 Å². The van der Waals surface area contributed by atoms with Gasteiger partial charge in [-0.05, 0) is 12.8 Å². The Balaban J connectivity index is 2.55. The first-order valence-corrected chi connectivity index (χ1v) is 5.07. The van der Waals surface area contributed by atoms with Gasteiger partial charge >= 0.3 is 0 Å². The van der Waals surface area contributed by atoms with Crippen LogP contribution in [-0.4, -0.2) is 24.1 Å². The first-order valence-electron chi connectivity index (χ1n) is 3.56. The maximum atomic E-state index is 12.3. The highest BCUT2D eigenvalue weighted by Gasteiger charge is 2.50. The fraction of sp³-hybridized carbons (Fsp3) is 1.00. The molecule has 0 aromatic carbocycles. The highest BCUT2D eigenvalue weighted by molar-refractivity contribution is 7.86. The summed E-state index contributed by atoms with van der Waals surface area (Å²) in [5, 5.41) is -1.07. The monoisotopic (exact) mass is 200 g/mol. The predicted octanol–water partition coefficient (Wildman–Crippen LogP) is 1.31. The van der Waals surface area contributed by atoms with Crippen molar-refractivity contribution in [3.63, 3.8) is 0 Å². The van der Waals surface area contributed by atoms with Gasteiger partial charge in [0.1, 0.15) is 0 Å². The number of rotatable bonds is 2. The largest absolute Gasteiger partial charge is 0.285 e. The molecule has 0 radical (unpaired) electrons. The average molecular weight is 200 g/mol. The van der Waals surface area contributed by atoms with Crippen molar-refractivity contribution < 1.29 is 21.8 Å². The molecule has 1 saturated carbocycles. The topological polar surface area (TPSA) is 54.4 Å². The van der Waals surface area contributed by atoms with Gasteiger partial charge in [0.2, 0.25) is 5.92 Å². The van der Waals surface area contributed by atoms with Gasteiger partial charge in [-0.25, -0.2) is 8.78 Å². The fourth-order valence-electron chi connectivity index (χ4n) is 1.28. The van der Waals surface area contributed by atoms with Crippen LogP contribution in [0.25, 0.3) is 0 Å². The van der Waals surface area contributed by atoms with Crippen molar-refractivity contribution >= 4 is 10.1 Å². The number of hydrogen-bond donors (Lipinski definition) is 1.